The number of halogens is 3. The molecule has 5 heteroatoms. The lowest BCUT2D eigenvalue weighted by Gasteiger charge is -2.09. The van der Waals surface area contributed by atoms with E-state index in [1.165, 1.54) is 0 Å². The maximum absolute atomic E-state index is 12.6. The Morgan fingerprint density at radius 2 is 1.78 bits per heavy atom. The summed E-state index contributed by atoms with van der Waals surface area (Å²) in [7, 11) is 0. The minimum atomic E-state index is -4.47. The van der Waals surface area contributed by atoms with E-state index in [2.05, 4.69) is 4.98 Å². The fourth-order valence-corrected chi connectivity index (χ4v) is 1.55. The Hall–Kier alpha value is -2.35. The average molecular weight is 248 g/mol. The molecule has 0 radical (unpaired) electrons. The third kappa shape index (κ3) is 2.33. The molecule has 1 aromatic heterocycles. The molecule has 0 fully saturated rings. The first-order valence-corrected chi connectivity index (χ1v) is 5.05. The summed E-state index contributed by atoms with van der Waals surface area (Å²) in [4.78, 5) is 3.56. The van der Waals surface area contributed by atoms with Crippen molar-refractivity contribution >= 4 is 0 Å². The van der Waals surface area contributed by atoms with E-state index in [1.807, 2.05) is 0 Å². The zero-order chi connectivity index (χ0) is 13.2. The van der Waals surface area contributed by atoms with Crippen molar-refractivity contribution in [1.82, 2.24) is 4.98 Å². The molecule has 0 aliphatic rings. The van der Waals surface area contributed by atoms with Crippen LogP contribution in [0, 0.1) is 11.3 Å². The highest BCUT2D eigenvalue weighted by atomic mass is 19.4. The lowest BCUT2D eigenvalue weighted by atomic mass is 10.0. The molecule has 0 atom stereocenters. The molecule has 0 unspecified atom stereocenters. The van der Waals surface area contributed by atoms with E-state index in [1.54, 1.807) is 36.4 Å². The average Bonchev–Trinajstić information content (AvgIpc) is 2.38. The summed E-state index contributed by atoms with van der Waals surface area (Å²) in [5.41, 5.74) is -0.157. The molecule has 0 aliphatic heterocycles. The fourth-order valence-electron chi connectivity index (χ4n) is 1.55. The van der Waals surface area contributed by atoms with Gasteiger partial charge in [-0.2, -0.15) is 18.4 Å². The highest BCUT2D eigenvalue weighted by Gasteiger charge is 2.31. The van der Waals surface area contributed by atoms with Crippen LogP contribution in [0.15, 0.2) is 42.6 Å². The number of nitriles is 1. The van der Waals surface area contributed by atoms with Gasteiger partial charge in [0.25, 0.3) is 0 Å². The van der Waals surface area contributed by atoms with Gasteiger partial charge in [0.15, 0.2) is 0 Å². The summed E-state index contributed by atoms with van der Waals surface area (Å²) in [5, 5.41) is 8.88. The minimum absolute atomic E-state index is 0.0193. The molecular formula is C13H7F3N2. The second kappa shape index (κ2) is 4.49. The first kappa shape index (κ1) is 12.1. The van der Waals surface area contributed by atoms with Crippen LogP contribution in [0.1, 0.15) is 11.3 Å². The van der Waals surface area contributed by atoms with E-state index in [4.69, 9.17) is 5.26 Å². The second-order valence-corrected chi connectivity index (χ2v) is 3.60. The van der Waals surface area contributed by atoms with Crippen LogP contribution in [0.3, 0.4) is 0 Å². The Morgan fingerprint density at radius 3 is 2.33 bits per heavy atom. The topological polar surface area (TPSA) is 36.7 Å². The first-order chi connectivity index (χ1) is 8.52. The van der Waals surface area contributed by atoms with Gasteiger partial charge in [-0.05, 0) is 11.6 Å². The van der Waals surface area contributed by atoms with Crippen LogP contribution in [-0.4, -0.2) is 4.98 Å². The minimum Gasteiger partial charge on any atom is -0.244 e. The van der Waals surface area contributed by atoms with Crippen LogP contribution in [0.4, 0.5) is 13.2 Å². The molecule has 1 aromatic carbocycles. The lowest BCUT2D eigenvalue weighted by Crippen LogP contribution is -2.06. The third-order valence-corrected chi connectivity index (χ3v) is 2.41. The molecule has 2 rings (SSSR count). The normalized spacial score (nSPS) is 11.0. The maximum atomic E-state index is 12.6. The molecule has 0 N–H and O–H groups in total. The molecule has 2 nitrogen and oxygen atoms in total. The van der Waals surface area contributed by atoms with Gasteiger partial charge >= 0.3 is 6.18 Å². The molecule has 90 valence electrons. The molecule has 0 aliphatic carbocycles. The predicted octanol–water partition coefficient (Wildman–Crippen LogP) is 3.64. The largest absolute Gasteiger partial charge is 0.417 e. The number of rotatable bonds is 1. The van der Waals surface area contributed by atoms with E-state index < -0.39 is 11.7 Å². The van der Waals surface area contributed by atoms with Crippen LogP contribution in [0.25, 0.3) is 11.1 Å². The molecule has 0 spiro atoms. The Balaban J connectivity index is 2.62. The number of nitrogens with zero attached hydrogens (tertiary/aromatic N) is 2. The summed E-state index contributed by atoms with van der Waals surface area (Å²) in [6.45, 7) is 0. The Kier molecular flexibility index (Phi) is 3.02. The van der Waals surface area contributed by atoms with Crippen molar-refractivity contribution in [3.63, 3.8) is 0 Å². The van der Waals surface area contributed by atoms with Gasteiger partial charge in [0, 0.05) is 11.8 Å². The van der Waals surface area contributed by atoms with Gasteiger partial charge in [-0.3, -0.25) is 0 Å². The van der Waals surface area contributed by atoms with Crippen molar-refractivity contribution in [3.05, 3.63) is 53.9 Å². The van der Waals surface area contributed by atoms with Crippen LogP contribution >= 0.6 is 0 Å². The zero-order valence-corrected chi connectivity index (χ0v) is 9.07. The van der Waals surface area contributed by atoms with E-state index in [0.717, 1.165) is 6.07 Å². The molecule has 2 aromatic rings. The highest BCUT2D eigenvalue weighted by molar-refractivity contribution is 5.69. The van der Waals surface area contributed by atoms with Gasteiger partial charge in [0.1, 0.15) is 11.8 Å². The summed E-state index contributed by atoms with van der Waals surface area (Å²) < 4.78 is 37.8. The molecule has 0 amide bonds. The quantitative estimate of drug-likeness (QED) is 0.772. The lowest BCUT2D eigenvalue weighted by molar-refractivity contribution is -0.137. The Bertz CT molecular complexity index is 598. The van der Waals surface area contributed by atoms with E-state index in [9.17, 15) is 13.2 Å². The Labute approximate surface area is 101 Å². The number of alkyl halides is 3. The summed E-state index contributed by atoms with van der Waals surface area (Å²) in [6, 6.07) is 11.1. The van der Waals surface area contributed by atoms with Gasteiger partial charge in [0.05, 0.1) is 5.56 Å². The van der Waals surface area contributed by atoms with Crippen LogP contribution in [0.5, 0.6) is 0 Å². The number of benzene rings is 1. The molecule has 1 heterocycles. The standard InChI is InChI=1S/C13H7F3N2/c14-13(15,16)10-6-11(12(7-17)18-8-10)9-4-2-1-3-5-9/h1-6,8H. The van der Waals surface area contributed by atoms with Crippen molar-refractivity contribution in [3.8, 4) is 17.2 Å². The van der Waals surface area contributed by atoms with Crippen LogP contribution < -0.4 is 0 Å². The molecular weight excluding hydrogens is 241 g/mol. The van der Waals surface area contributed by atoms with Gasteiger partial charge in [0.2, 0.25) is 0 Å². The first-order valence-electron chi connectivity index (χ1n) is 5.05. The van der Waals surface area contributed by atoms with Crippen molar-refractivity contribution in [1.29, 1.82) is 5.26 Å². The third-order valence-electron chi connectivity index (χ3n) is 2.41. The van der Waals surface area contributed by atoms with Gasteiger partial charge in [-0.1, -0.05) is 30.3 Å². The smallest absolute Gasteiger partial charge is 0.244 e. The fraction of sp³-hybridized carbons (Fsp3) is 0.0769. The zero-order valence-electron chi connectivity index (χ0n) is 9.07. The molecule has 0 saturated carbocycles. The summed E-state index contributed by atoms with van der Waals surface area (Å²) in [5.74, 6) is 0. The van der Waals surface area contributed by atoms with Gasteiger partial charge in [-0.25, -0.2) is 4.98 Å². The second-order valence-electron chi connectivity index (χ2n) is 3.60. The van der Waals surface area contributed by atoms with Crippen molar-refractivity contribution in [2.45, 2.75) is 6.18 Å². The summed E-state index contributed by atoms with van der Waals surface area (Å²) in [6.07, 6.45) is -3.80. The highest BCUT2D eigenvalue weighted by Crippen LogP contribution is 2.32. The maximum Gasteiger partial charge on any atom is 0.417 e. The SMILES string of the molecule is N#Cc1ncc(C(F)(F)F)cc1-c1ccccc1. The molecule has 0 saturated heterocycles. The van der Waals surface area contributed by atoms with Crippen LogP contribution in [0.2, 0.25) is 0 Å². The van der Waals surface area contributed by atoms with E-state index in [-0.39, 0.29) is 11.3 Å². The van der Waals surface area contributed by atoms with E-state index >= 15 is 0 Å². The van der Waals surface area contributed by atoms with Crippen LogP contribution in [-0.2, 0) is 6.18 Å². The van der Waals surface area contributed by atoms with Crippen molar-refractivity contribution in [2.75, 3.05) is 0 Å². The Morgan fingerprint density at radius 1 is 1.11 bits per heavy atom. The number of aromatic nitrogens is 1. The number of hydrogen-bond donors (Lipinski definition) is 0. The monoisotopic (exact) mass is 248 g/mol. The molecule has 0 bridgehead atoms. The van der Waals surface area contributed by atoms with Gasteiger partial charge < -0.3 is 0 Å². The predicted molar refractivity (Wildman–Crippen MR) is 59.4 cm³/mol. The van der Waals surface area contributed by atoms with E-state index in [0.29, 0.717) is 11.8 Å². The van der Waals surface area contributed by atoms with Crippen molar-refractivity contribution < 1.29 is 13.2 Å². The van der Waals surface area contributed by atoms with Crippen molar-refractivity contribution in [2.24, 2.45) is 0 Å². The summed E-state index contributed by atoms with van der Waals surface area (Å²) >= 11 is 0. The molecule has 18 heavy (non-hydrogen) atoms. The number of pyridine rings is 1. The number of hydrogen-bond acceptors (Lipinski definition) is 2. The van der Waals surface area contributed by atoms with Gasteiger partial charge in [-0.15, -0.1) is 0 Å².